The predicted octanol–water partition coefficient (Wildman–Crippen LogP) is 3.33. The molecule has 118 valence electrons. The Morgan fingerprint density at radius 3 is 2.48 bits per heavy atom. The molecule has 0 saturated heterocycles. The molecule has 1 fully saturated rings. The van der Waals surface area contributed by atoms with Crippen molar-refractivity contribution >= 4 is 24.0 Å². The zero-order valence-corrected chi connectivity index (χ0v) is 11.7. The molecule has 1 aliphatic carbocycles. The van der Waals surface area contributed by atoms with E-state index >= 15 is 0 Å². The van der Waals surface area contributed by atoms with Gasteiger partial charge in [0.25, 0.3) is 0 Å². The third kappa shape index (κ3) is 4.07. The van der Waals surface area contributed by atoms with Crippen molar-refractivity contribution in [3.63, 3.8) is 0 Å². The minimum absolute atomic E-state index is 0. The second kappa shape index (κ2) is 6.62. The van der Waals surface area contributed by atoms with Crippen LogP contribution < -0.4 is 11.1 Å². The Morgan fingerprint density at radius 1 is 1.29 bits per heavy atom. The molecule has 2 rings (SSSR count). The molecule has 1 aliphatic rings. The fourth-order valence-corrected chi connectivity index (χ4v) is 2.37. The van der Waals surface area contributed by atoms with E-state index in [-0.39, 0.29) is 24.1 Å². The van der Waals surface area contributed by atoms with E-state index < -0.39 is 29.4 Å². The lowest BCUT2D eigenvalue weighted by Crippen LogP contribution is -2.34. The number of halogens is 5. The highest BCUT2D eigenvalue weighted by Gasteiger charge is 2.35. The van der Waals surface area contributed by atoms with E-state index in [1.165, 1.54) is 0 Å². The first kappa shape index (κ1) is 17.7. The predicted molar refractivity (Wildman–Crippen MR) is 72.6 cm³/mol. The Balaban J connectivity index is 0.00000220. The Labute approximate surface area is 125 Å². The number of benzene rings is 1. The normalized spacial score (nSPS) is 21.8. The maximum atomic E-state index is 13.1. The summed E-state index contributed by atoms with van der Waals surface area (Å²) in [6, 6.07) is 2.10. The highest BCUT2D eigenvalue weighted by molar-refractivity contribution is 5.93. The van der Waals surface area contributed by atoms with E-state index in [2.05, 4.69) is 5.32 Å². The van der Waals surface area contributed by atoms with E-state index in [9.17, 15) is 22.4 Å². The summed E-state index contributed by atoms with van der Waals surface area (Å²) >= 11 is 0. The van der Waals surface area contributed by atoms with Crippen LogP contribution in [-0.2, 0) is 11.0 Å². The van der Waals surface area contributed by atoms with Crippen molar-refractivity contribution in [3.8, 4) is 0 Å². The lowest BCUT2D eigenvalue weighted by molar-refractivity contribution is -0.140. The van der Waals surface area contributed by atoms with Gasteiger partial charge in [-0.25, -0.2) is 4.39 Å². The van der Waals surface area contributed by atoms with Crippen LogP contribution in [0.1, 0.15) is 24.8 Å². The van der Waals surface area contributed by atoms with Gasteiger partial charge < -0.3 is 11.1 Å². The van der Waals surface area contributed by atoms with Gasteiger partial charge in [-0.1, -0.05) is 6.42 Å². The standard InChI is InChI=1S/C13H14F4N2O.ClH/c14-10-5-4-7(6-9(10)13(15,16)17)19-12(20)8-2-1-3-11(8)18;/h4-6,8,11H,1-3,18H2,(H,19,20);1H. The lowest BCUT2D eigenvalue weighted by Gasteiger charge is -2.16. The quantitative estimate of drug-likeness (QED) is 0.819. The van der Waals surface area contributed by atoms with Crippen LogP contribution in [0.25, 0.3) is 0 Å². The maximum absolute atomic E-state index is 13.1. The van der Waals surface area contributed by atoms with Crippen molar-refractivity contribution in [2.45, 2.75) is 31.5 Å². The monoisotopic (exact) mass is 326 g/mol. The van der Waals surface area contributed by atoms with Crippen LogP contribution in [0, 0.1) is 11.7 Å². The largest absolute Gasteiger partial charge is 0.419 e. The van der Waals surface area contributed by atoms with Gasteiger partial charge in [-0.15, -0.1) is 12.4 Å². The number of anilines is 1. The topological polar surface area (TPSA) is 55.1 Å². The molecule has 1 aromatic rings. The minimum atomic E-state index is -4.80. The first-order valence-corrected chi connectivity index (χ1v) is 6.22. The number of carbonyl (C=O) groups excluding carboxylic acids is 1. The molecule has 1 amide bonds. The SMILES string of the molecule is Cl.NC1CCCC1C(=O)Nc1ccc(F)c(C(F)(F)F)c1. The summed E-state index contributed by atoms with van der Waals surface area (Å²) in [5.74, 6) is -2.20. The highest BCUT2D eigenvalue weighted by Crippen LogP contribution is 2.33. The highest BCUT2D eigenvalue weighted by atomic mass is 35.5. The number of alkyl halides is 3. The Kier molecular flexibility index (Phi) is 5.58. The fraction of sp³-hybridized carbons (Fsp3) is 0.462. The van der Waals surface area contributed by atoms with Crippen LogP contribution >= 0.6 is 12.4 Å². The van der Waals surface area contributed by atoms with Crippen molar-refractivity contribution < 1.29 is 22.4 Å². The summed E-state index contributed by atoms with van der Waals surface area (Å²) in [7, 11) is 0. The third-order valence-corrected chi connectivity index (χ3v) is 3.45. The summed E-state index contributed by atoms with van der Waals surface area (Å²) in [4.78, 5) is 11.9. The van der Waals surface area contributed by atoms with Crippen molar-refractivity contribution in [2.24, 2.45) is 11.7 Å². The number of nitrogens with two attached hydrogens (primary N) is 1. The van der Waals surface area contributed by atoms with Crippen LogP contribution in [0.15, 0.2) is 18.2 Å². The first-order chi connectivity index (χ1) is 9.29. The van der Waals surface area contributed by atoms with Gasteiger partial charge in [0.1, 0.15) is 5.82 Å². The van der Waals surface area contributed by atoms with Gasteiger partial charge in [0, 0.05) is 11.7 Å². The zero-order chi connectivity index (χ0) is 14.9. The average molecular weight is 327 g/mol. The second-order valence-corrected chi connectivity index (χ2v) is 4.88. The molecule has 0 heterocycles. The number of rotatable bonds is 2. The van der Waals surface area contributed by atoms with E-state index in [0.717, 1.165) is 18.9 Å². The van der Waals surface area contributed by atoms with Crippen LogP contribution in [0.3, 0.4) is 0 Å². The van der Waals surface area contributed by atoms with Crippen molar-refractivity contribution in [3.05, 3.63) is 29.6 Å². The molecular formula is C13H15ClF4N2O. The molecule has 1 saturated carbocycles. The lowest BCUT2D eigenvalue weighted by atomic mass is 10.0. The summed E-state index contributed by atoms with van der Waals surface area (Å²) in [6.45, 7) is 0. The molecule has 21 heavy (non-hydrogen) atoms. The average Bonchev–Trinajstić information content (AvgIpc) is 2.76. The first-order valence-electron chi connectivity index (χ1n) is 6.22. The number of hydrogen-bond donors (Lipinski definition) is 2. The molecule has 0 bridgehead atoms. The van der Waals surface area contributed by atoms with Crippen molar-refractivity contribution in [2.75, 3.05) is 5.32 Å². The summed E-state index contributed by atoms with van der Waals surface area (Å²) < 4.78 is 50.8. The van der Waals surface area contributed by atoms with Gasteiger partial charge in [-0.3, -0.25) is 4.79 Å². The number of carbonyl (C=O) groups is 1. The molecule has 0 radical (unpaired) electrons. The molecule has 8 heteroatoms. The molecule has 3 nitrogen and oxygen atoms in total. The van der Waals surface area contributed by atoms with E-state index in [0.29, 0.717) is 18.6 Å². The van der Waals surface area contributed by atoms with Gasteiger partial charge in [-0.05, 0) is 31.0 Å². The summed E-state index contributed by atoms with van der Waals surface area (Å²) in [6.07, 6.45) is -2.65. The van der Waals surface area contributed by atoms with Gasteiger partial charge in [0.15, 0.2) is 0 Å². The maximum Gasteiger partial charge on any atom is 0.419 e. The molecule has 3 N–H and O–H groups in total. The summed E-state index contributed by atoms with van der Waals surface area (Å²) in [5.41, 5.74) is 4.28. The Bertz CT molecular complexity index is 521. The smallest absolute Gasteiger partial charge is 0.327 e. The Morgan fingerprint density at radius 2 is 1.95 bits per heavy atom. The zero-order valence-electron chi connectivity index (χ0n) is 10.9. The fourth-order valence-electron chi connectivity index (χ4n) is 2.37. The minimum Gasteiger partial charge on any atom is -0.327 e. The number of nitrogens with one attached hydrogen (secondary N) is 1. The second-order valence-electron chi connectivity index (χ2n) is 4.88. The summed E-state index contributed by atoms with van der Waals surface area (Å²) in [5, 5.41) is 2.37. The van der Waals surface area contributed by atoms with Crippen molar-refractivity contribution in [1.82, 2.24) is 0 Å². The molecule has 2 atom stereocenters. The third-order valence-electron chi connectivity index (χ3n) is 3.45. The van der Waals surface area contributed by atoms with Gasteiger partial charge in [0.2, 0.25) is 5.91 Å². The van der Waals surface area contributed by atoms with E-state index in [1.54, 1.807) is 0 Å². The van der Waals surface area contributed by atoms with Crippen LogP contribution in [0.2, 0.25) is 0 Å². The molecule has 2 unspecified atom stereocenters. The number of amides is 1. The number of hydrogen-bond acceptors (Lipinski definition) is 2. The molecular weight excluding hydrogens is 312 g/mol. The molecule has 0 aliphatic heterocycles. The van der Waals surface area contributed by atoms with E-state index in [1.807, 2.05) is 0 Å². The van der Waals surface area contributed by atoms with Crippen LogP contribution in [-0.4, -0.2) is 11.9 Å². The Hall–Kier alpha value is -1.34. The van der Waals surface area contributed by atoms with Gasteiger partial charge in [-0.2, -0.15) is 13.2 Å². The van der Waals surface area contributed by atoms with Crippen LogP contribution in [0.4, 0.5) is 23.2 Å². The van der Waals surface area contributed by atoms with Gasteiger partial charge >= 0.3 is 6.18 Å². The van der Waals surface area contributed by atoms with Gasteiger partial charge in [0.05, 0.1) is 11.5 Å². The molecule has 0 spiro atoms. The van der Waals surface area contributed by atoms with Crippen molar-refractivity contribution in [1.29, 1.82) is 0 Å². The van der Waals surface area contributed by atoms with Crippen LogP contribution in [0.5, 0.6) is 0 Å². The van der Waals surface area contributed by atoms with E-state index in [4.69, 9.17) is 5.73 Å². The molecule has 0 aromatic heterocycles. The molecule has 1 aromatic carbocycles.